The first-order chi connectivity index (χ1) is 16.5. The van der Waals surface area contributed by atoms with E-state index in [1.807, 2.05) is 48.5 Å². The van der Waals surface area contributed by atoms with Gasteiger partial charge in [0, 0.05) is 30.5 Å². The van der Waals surface area contributed by atoms with Gasteiger partial charge >= 0.3 is 0 Å². The van der Waals surface area contributed by atoms with Crippen LogP contribution in [-0.4, -0.2) is 51.7 Å². The van der Waals surface area contributed by atoms with Crippen molar-refractivity contribution in [3.8, 4) is 11.5 Å². The highest BCUT2D eigenvalue weighted by molar-refractivity contribution is 6.24. The lowest BCUT2D eigenvalue weighted by Gasteiger charge is -2.27. The highest BCUT2D eigenvalue weighted by Gasteiger charge is 2.36. The van der Waals surface area contributed by atoms with Crippen molar-refractivity contribution in [2.24, 2.45) is 21.0 Å². The van der Waals surface area contributed by atoms with Gasteiger partial charge in [-0.25, -0.2) is 0 Å². The zero-order chi connectivity index (χ0) is 23.4. The number of anilines is 1. The molecule has 3 aliphatic heterocycles. The fourth-order valence-electron chi connectivity index (χ4n) is 4.33. The number of nitrogens with zero attached hydrogens (tertiary/aromatic N) is 6. The van der Waals surface area contributed by atoms with Crippen molar-refractivity contribution in [3.05, 3.63) is 71.4 Å². The van der Waals surface area contributed by atoms with E-state index in [0.29, 0.717) is 28.8 Å². The van der Waals surface area contributed by atoms with Crippen LogP contribution < -0.4 is 10.1 Å². The molecule has 168 valence electrons. The van der Waals surface area contributed by atoms with Gasteiger partial charge in [0.15, 0.2) is 0 Å². The van der Waals surface area contributed by atoms with E-state index >= 15 is 0 Å². The Bertz CT molecular complexity index is 1410. The number of para-hydroxylation sites is 2. The molecule has 0 saturated heterocycles. The predicted molar refractivity (Wildman–Crippen MR) is 125 cm³/mol. The first kappa shape index (κ1) is 20.0. The molecule has 10 heteroatoms. The predicted octanol–water partition coefficient (Wildman–Crippen LogP) is 2.76. The Kier molecular flexibility index (Phi) is 4.41. The van der Waals surface area contributed by atoms with Crippen LogP contribution in [0.5, 0.6) is 11.5 Å². The van der Waals surface area contributed by atoms with Gasteiger partial charge in [-0.2, -0.15) is 24.9 Å². The standard InChI is InChI=1S/C24H19N7O3/c1-13-11-19(31(29-13)24-27-21-16(22(32)28-24)12-25-30(21)2)26-23(33)20-14-7-3-5-9-17(14)34-18-10-6-4-8-15(18)20/h3-12,16,20H,1-2H3,(H,26,33). The Morgan fingerprint density at radius 1 is 1.03 bits per heavy atom. The Balaban J connectivity index is 1.37. The molecule has 10 nitrogen and oxygen atoms in total. The van der Waals surface area contributed by atoms with Crippen molar-refractivity contribution in [2.45, 2.75) is 12.8 Å². The maximum atomic E-state index is 13.7. The zero-order valence-electron chi connectivity index (χ0n) is 18.3. The third-order valence-electron chi connectivity index (χ3n) is 5.90. The lowest BCUT2D eigenvalue weighted by Crippen LogP contribution is -2.35. The number of hydrogen-bond donors (Lipinski definition) is 1. The number of amides is 2. The third kappa shape index (κ3) is 3.11. The molecular formula is C24H19N7O3. The third-order valence-corrected chi connectivity index (χ3v) is 5.90. The summed E-state index contributed by atoms with van der Waals surface area (Å²) in [7, 11) is 1.71. The number of nitrogens with one attached hydrogen (secondary N) is 1. The van der Waals surface area contributed by atoms with E-state index in [4.69, 9.17) is 4.74 Å². The summed E-state index contributed by atoms with van der Waals surface area (Å²) in [6.45, 7) is 1.79. The summed E-state index contributed by atoms with van der Waals surface area (Å²) in [4.78, 5) is 34.8. The minimum atomic E-state index is -0.598. The van der Waals surface area contributed by atoms with Crippen molar-refractivity contribution in [1.82, 2.24) is 14.8 Å². The molecule has 0 fully saturated rings. The molecule has 6 rings (SSSR count). The monoisotopic (exact) mass is 453 g/mol. The Morgan fingerprint density at radius 2 is 1.71 bits per heavy atom. The molecule has 0 aliphatic carbocycles. The van der Waals surface area contributed by atoms with Gasteiger partial charge in [-0.15, -0.1) is 0 Å². The summed E-state index contributed by atoms with van der Waals surface area (Å²) >= 11 is 0. The number of ether oxygens (including phenoxy) is 1. The van der Waals surface area contributed by atoms with E-state index in [2.05, 4.69) is 25.5 Å². The van der Waals surface area contributed by atoms with Crippen LogP contribution >= 0.6 is 0 Å². The number of carbonyl (C=O) groups excluding carboxylic acids is 2. The lowest BCUT2D eigenvalue weighted by atomic mass is 9.87. The topological polar surface area (TPSA) is 114 Å². The summed E-state index contributed by atoms with van der Waals surface area (Å²) in [6.07, 6.45) is 1.51. The second-order valence-corrected chi connectivity index (χ2v) is 8.17. The molecule has 0 spiro atoms. The van der Waals surface area contributed by atoms with Gasteiger partial charge in [0.25, 0.3) is 11.9 Å². The number of hydrogen-bond acceptors (Lipinski definition) is 7. The largest absolute Gasteiger partial charge is 0.457 e. The van der Waals surface area contributed by atoms with Gasteiger partial charge in [-0.1, -0.05) is 36.4 Å². The molecule has 0 bridgehead atoms. The summed E-state index contributed by atoms with van der Waals surface area (Å²) in [5.41, 5.74) is 2.16. The van der Waals surface area contributed by atoms with E-state index in [1.165, 1.54) is 15.9 Å². The van der Waals surface area contributed by atoms with Crippen LogP contribution in [0, 0.1) is 12.8 Å². The fraction of sp³-hybridized carbons (Fsp3) is 0.167. The van der Waals surface area contributed by atoms with Crippen LogP contribution in [0.2, 0.25) is 0 Å². The van der Waals surface area contributed by atoms with Gasteiger partial charge in [-0.3, -0.25) is 14.6 Å². The Labute approximate surface area is 194 Å². The highest BCUT2D eigenvalue weighted by Crippen LogP contribution is 2.44. The fourth-order valence-corrected chi connectivity index (χ4v) is 4.33. The number of aliphatic imine (C=N–C) groups is 2. The van der Waals surface area contributed by atoms with Crippen LogP contribution in [0.25, 0.3) is 0 Å². The second-order valence-electron chi connectivity index (χ2n) is 8.17. The first-order valence-electron chi connectivity index (χ1n) is 10.7. The minimum Gasteiger partial charge on any atom is -0.457 e. The van der Waals surface area contributed by atoms with Crippen LogP contribution in [0.1, 0.15) is 22.7 Å². The van der Waals surface area contributed by atoms with E-state index < -0.39 is 11.8 Å². The van der Waals surface area contributed by atoms with Crippen LogP contribution in [0.4, 0.5) is 5.82 Å². The molecule has 34 heavy (non-hydrogen) atoms. The molecule has 2 amide bonds. The number of benzene rings is 2. The number of rotatable bonds is 2. The molecule has 2 aromatic carbocycles. The summed E-state index contributed by atoms with van der Waals surface area (Å²) < 4.78 is 7.38. The number of aryl methyl sites for hydroxylation is 1. The average molecular weight is 453 g/mol. The summed E-state index contributed by atoms with van der Waals surface area (Å²) in [6, 6.07) is 16.6. The van der Waals surface area contributed by atoms with Crippen molar-refractivity contribution in [2.75, 3.05) is 12.4 Å². The molecule has 3 aromatic rings. The molecule has 1 aromatic heterocycles. The zero-order valence-corrected chi connectivity index (χ0v) is 18.3. The van der Waals surface area contributed by atoms with E-state index in [0.717, 1.165) is 11.1 Å². The van der Waals surface area contributed by atoms with Crippen molar-refractivity contribution >= 4 is 35.6 Å². The Morgan fingerprint density at radius 3 is 2.41 bits per heavy atom. The van der Waals surface area contributed by atoms with Gasteiger partial charge < -0.3 is 10.1 Å². The van der Waals surface area contributed by atoms with Gasteiger partial charge in [0.1, 0.15) is 29.1 Å². The maximum absolute atomic E-state index is 13.7. The Hall–Kier alpha value is -4.60. The molecule has 3 aliphatic rings. The molecular weight excluding hydrogens is 434 g/mol. The van der Waals surface area contributed by atoms with Gasteiger partial charge in [-0.05, 0) is 19.1 Å². The van der Waals surface area contributed by atoms with E-state index in [9.17, 15) is 9.59 Å². The van der Waals surface area contributed by atoms with Crippen molar-refractivity contribution in [1.29, 1.82) is 0 Å². The normalized spacial score (nSPS) is 18.5. The number of fused-ring (bicyclic) bond motifs is 3. The molecule has 1 N–H and O–H groups in total. The SMILES string of the molecule is Cc1cc(NC(=O)C2c3ccccc3Oc3ccccc32)n(C2=NC(=O)C3C=NN(C)C3=N2)n1. The lowest BCUT2D eigenvalue weighted by molar-refractivity contribution is -0.118. The number of carbonyl (C=O) groups is 2. The molecule has 0 radical (unpaired) electrons. The average Bonchev–Trinajstić information content (AvgIpc) is 3.39. The van der Waals surface area contributed by atoms with Crippen LogP contribution in [0.3, 0.4) is 0 Å². The van der Waals surface area contributed by atoms with Gasteiger partial charge in [0.05, 0.1) is 11.6 Å². The second kappa shape index (κ2) is 7.48. The smallest absolute Gasteiger partial charge is 0.265 e. The molecule has 4 heterocycles. The van der Waals surface area contributed by atoms with Crippen LogP contribution in [0.15, 0.2) is 69.7 Å². The molecule has 1 atom stereocenters. The summed E-state index contributed by atoms with van der Waals surface area (Å²) in [5, 5.41) is 13.0. The molecule has 0 saturated carbocycles. The molecule has 1 unspecified atom stereocenters. The van der Waals surface area contributed by atoms with E-state index in [1.54, 1.807) is 20.0 Å². The van der Waals surface area contributed by atoms with E-state index in [-0.39, 0.29) is 17.8 Å². The number of amidine groups is 1. The first-order valence-corrected chi connectivity index (χ1v) is 10.7. The number of aromatic nitrogens is 2. The quantitative estimate of drug-likeness (QED) is 0.641. The minimum absolute atomic E-state index is 0.0739. The summed E-state index contributed by atoms with van der Waals surface area (Å²) in [5.74, 6) is 0.329. The number of hydrazone groups is 1. The van der Waals surface area contributed by atoms with Gasteiger partial charge in [0.2, 0.25) is 5.91 Å². The van der Waals surface area contributed by atoms with Crippen molar-refractivity contribution < 1.29 is 14.3 Å². The van der Waals surface area contributed by atoms with Crippen LogP contribution in [-0.2, 0) is 9.59 Å². The van der Waals surface area contributed by atoms with Crippen molar-refractivity contribution in [3.63, 3.8) is 0 Å². The maximum Gasteiger partial charge on any atom is 0.265 e. The highest BCUT2D eigenvalue weighted by atomic mass is 16.5.